The van der Waals surface area contributed by atoms with E-state index in [0.717, 1.165) is 44.4 Å². The van der Waals surface area contributed by atoms with Gasteiger partial charge in [0.05, 0.1) is 6.04 Å². The van der Waals surface area contributed by atoms with Gasteiger partial charge in [-0.15, -0.1) is 0 Å². The van der Waals surface area contributed by atoms with Crippen LogP contribution in [0.4, 0.5) is 0 Å². The van der Waals surface area contributed by atoms with Crippen molar-refractivity contribution in [1.29, 1.82) is 0 Å². The first-order valence-electron chi connectivity index (χ1n) is 8.48. The van der Waals surface area contributed by atoms with Gasteiger partial charge >= 0.3 is 0 Å². The van der Waals surface area contributed by atoms with Crippen LogP contribution < -0.4 is 0 Å². The van der Waals surface area contributed by atoms with Crippen molar-refractivity contribution in [3.8, 4) is 0 Å². The molecule has 6 heteroatoms. The molecule has 1 atom stereocenters. The molecule has 0 spiro atoms. The molecule has 1 aliphatic heterocycles. The zero-order chi connectivity index (χ0) is 15.6. The second-order valence-corrected chi connectivity index (χ2v) is 6.61. The normalized spacial score (nSPS) is 21.4. The molecule has 6 nitrogen and oxygen atoms in total. The Hall–Kier alpha value is -1.79. The van der Waals surface area contributed by atoms with Crippen LogP contribution in [0.3, 0.4) is 0 Å². The van der Waals surface area contributed by atoms with Crippen molar-refractivity contribution in [1.82, 2.24) is 24.9 Å². The third kappa shape index (κ3) is 3.43. The summed E-state index contributed by atoms with van der Waals surface area (Å²) in [5.41, 5.74) is 1.28. The van der Waals surface area contributed by atoms with Gasteiger partial charge in [-0.2, -0.15) is 4.98 Å². The molecule has 2 aliphatic rings. The van der Waals surface area contributed by atoms with Crippen LogP contribution in [-0.2, 0) is 6.54 Å². The molecule has 3 heterocycles. The van der Waals surface area contributed by atoms with Crippen molar-refractivity contribution in [2.24, 2.45) is 0 Å². The molecule has 2 aromatic rings. The van der Waals surface area contributed by atoms with Gasteiger partial charge in [-0.25, -0.2) is 0 Å². The Kier molecular flexibility index (Phi) is 4.10. The van der Waals surface area contributed by atoms with Crippen LogP contribution in [0.15, 0.2) is 29.0 Å². The van der Waals surface area contributed by atoms with E-state index >= 15 is 0 Å². The van der Waals surface area contributed by atoms with Crippen molar-refractivity contribution >= 4 is 0 Å². The maximum Gasteiger partial charge on any atom is 0.243 e. The molecule has 4 rings (SSSR count). The zero-order valence-corrected chi connectivity index (χ0v) is 13.6. The van der Waals surface area contributed by atoms with E-state index in [-0.39, 0.29) is 6.04 Å². The summed E-state index contributed by atoms with van der Waals surface area (Å²) in [7, 11) is 0. The molecule has 0 bridgehead atoms. The molecular weight excluding hydrogens is 290 g/mol. The molecule has 0 unspecified atom stereocenters. The highest BCUT2D eigenvalue weighted by Gasteiger charge is 2.31. The number of nitrogens with zero attached hydrogens (tertiary/aromatic N) is 5. The molecule has 2 aromatic heterocycles. The fraction of sp³-hybridized carbons (Fsp3) is 0.588. The maximum absolute atomic E-state index is 5.48. The summed E-state index contributed by atoms with van der Waals surface area (Å²) in [6, 6.07) is 4.34. The lowest BCUT2D eigenvalue weighted by molar-refractivity contribution is 0.0845. The quantitative estimate of drug-likeness (QED) is 0.843. The second-order valence-electron chi connectivity index (χ2n) is 6.61. The average Bonchev–Trinajstić information content (AvgIpc) is 3.33. The highest BCUT2D eigenvalue weighted by atomic mass is 16.5. The Morgan fingerprint density at radius 1 is 1.26 bits per heavy atom. The van der Waals surface area contributed by atoms with Crippen LogP contribution in [0, 0.1) is 0 Å². The lowest BCUT2D eigenvalue weighted by Gasteiger charge is -2.36. The summed E-state index contributed by atoms with van der Waals surface area (Å²) in [5, 5.41) is 4.13. The lowest BCUT2D eigenvalue weighted by atomic mass is 10.2. The van der Waals surface area contributed by atoms with Crippen LogP contribution in [0.25, 0.3) is 0 Å². The Balaban J connectivity index is 1.31. The van der Waals surface area contributed by atoms with Crippen molar-refractivity contribution in [3.05, 3.63) is 41.8 Å². The van der Waals surface area contributed by atoms with E-state index in [0.29, 0.717) is 5.92 Å². The number of pyridine rings is 1. The third-order valence-corrected chi connectivity index (χ3v) is 4.84. The fourth-order valence-electron chi connectivity index (χ4n) is 3.14. The van der Waals surface area contributed by atoms with Crippen LogP contribution >= 0.6 is 0 Å². The van der Waals surface area contributed by atoms with Crippen molar-refractivity contribution in [2.45, 2.75) is 38.3 Å². The highest BCUT2D eigenvalue weighted by molar-refractivity contribution is 5.08. The summed E-state index contributed by atoms with van der Waals surface area (Å²) < 4.78 is 5.48. The largest absolute Gasteiger partial charge is 0.338 e. The van der Waals surface area contributed by atoms with Gasteiger partial charge in [0.15, 0.2) is 5.82 Å². The van der Waals surface area contributed by atoms with Gasteiger partial charge in [-0.05, 0) is 31.4 Å². The Bertz CT molecular complexity index is 631. The minimum absolute atomic E-state index is 0.204. The van der Waals surface area contributed by atoms with E-state index in [2.05, 4.69) is 37.9 Å². The van der Waals surface area contributed by atoms with E-state index in [1.165, 1.54) is 18.4 Å². The molecule has 23 heavy (non-hydrogen) atoms. The van der Waals surface area contributed by atoms with Gasteiger partial charge < -0.3 is 4.52 Å². The first-order chi connectivity index (χ1) is 11.3. The predicted octanol–water partition coefficient (Wildman–Crippen LogP) is 2.22. The molecule has 0 N–H and O–H groups in total. The molecule has 0 radical (unpaired) electrons. The summed E-state index contributed by atoms with van der Waals surface area (Å²) >= 11 is 0. The second kappa shape index (κ2) is 6.37. The SMILES string of the molecule is C[C@H](c1nc(C2CC2)no1)N1CCN(Cc2cccnc2)CC1. The Morgan fingerprint density at radius 3 is 2.78 bits per heavy atom. The third-order valence-electron chi connectivity index (χ3n) is 4.84. The Morgan fingerprint density at radius 2 is 2.09 bits per heavy atom. The number of hydrogen-bond acceptors (Lipinski definition) is 6. The Labute approximate surface area is 136 Å². The smallest absolute Gasteiger partial charge is 0.243 e. The fourth-order valence-corrected chi connectivity index (χ4v) is 3.14. The first-order valence-corrected chi connectivity index (χ1v) is 8.48. The minimum atomic E-state index is 0.204. The van der Waals surface area contributed by atoms with Crippen molar-refractivity contribution < 1.29 is 4.52 Å². The summed E-state index contributed by atoms with van der Waals surface area (Å²) in [6.45, 7) is 7.32. The average molecular weight is 313 g/mol. The van der Waals surface area contributed by atoms with Gasteiger partial charge in [0, 0.05) is 51.0 Å². The minimum Gasteiger partial charge on any atom is -0.338 e. The van der Waals surface area contributed by atoms with Crippen molar-refractivity contribution in [3.63, 3.8) is 0 Å². The van der Waals surface area contributed by atoms with Gasteiger partial charge in [0.1, 0.15) is 0 Å². The molecule has 1 aliphatic carbocycles. The van der Waals surface area contributed by atoms with E-state index in [9.17, 15) is 0 Å². The summed E-state index contributed by atoms with van der Waals surface area (Å²) in [4.78, 5) is 13.7. The lowest BCUT2D eigenvalue weighted by Crippen LogP contribution is -2.46. The number of aromatic nitrogens is 3. The molecular formula is C17H23N5O. The molecule has 0 amide bonds. The van der Waals surface area contributed by atoms with Gasteiger partial charge in [-0.1, -0.05) is 11.2 Å². The summed E-state index contributed by atoms with van der Waals surface area (Å²) in [6.07, 6.45) is 6.19. The van der Waals surface area contributed by atoms with E-state index in [4.69, 9.17) is 4.52 Å². The van der Waals surface area contributed by atoms with Crippen LogP contribution in [-0.4, -0.2) is 51.1 Å². The maximum atomic E-state index is 5.48. The number of hydrogen-bond donors (Lipinski definition) is 0. The van der Waals surface area contributed by atoms with Gasteiger partial charge in [-0.3, -0.25) is 14.8 Å². The first kappa shape index (κ1) is 14.8. The molecule has 1 saturated heterocycles. The number of piperazine rings is 1. The molecule has 0 aromatic carbocycles. The van der Waals surface area contributed by atoms with Crippen molar-refractivity contribution in [2.75, 3.05) is 26.2 Å². The van der Waals surface area contributed by atoms with Gasteiger partial charge in [0.25, 0.3) is 0 Å². The molecule has 122 valence electrons. The standard InChI is InChI=1S/C17H23N5O/c1-13(17-19-16(20-23-17)15-4-5-15)22-9-7-21(8-10-22)12-14-3-2-6-18-11-14/h2-3,6,11,13,15H,4-5,7-10,12H2,1H3/t13-/m1/s1. The van der Waals surface area contributed by atoms with Crippen LogP contribution in [0.5, 0.6) is 0 Å². The topological polar surface area (TPSA) is 58.3 Å². The number of rotatable bonds is 5. The highest BCUT2D eigenvalue weighted by Crippen LogP contribution is 2.38. The molecule has 1 saturated carbocycles. The zero-order valence-electron chi connectivity index (χ0n) is 13.6. The summed E-state index contributed by atoms with van der Waals surface area (Å²) in [5.74, 6) is 2.23. The monoisotopic (exact) mass is 313 g/mol. The van der Waals surface area contributed by atoms with Crippen LogP contribution in [0.1, 0.15) is 49.0 Å². The predicted molar refractivity (Wildman–Crippen MR) is 85.8 cm³/mol. The van der Waals surface area contributed by atoms with E-state index in [1.54, 1.807) is 0 Å². The van der Waals surface area contributed by atoms with E-state index < -0.39 is 0 Å². The molecule has 2 fully saturated rings. The van der Waals surface area contributed by atoms with Crippen LogP contribution in [0.2, 0.25) is 0 Å². The van der Waals surface area contributed by atoms with Gasteiger partial charge in [0.2, 0.25) is 5.89 Å². The van der Waals surface area contributed by atoms with E-state index in [1.807, 2.05) is 18.5 Å².